The number of rotatable bonds is 8. The fourth-order valence-corrected chi connectivity index (χ4v) is 4.41. The fourth-order valence-electron chi connectivity index (χ4n) is 3.14. The van der Waals surface area contributed by atoms with Crippen molar-refractivity contribution in [3.63, 3.8) is 0 Å². The number of carbonyl (C=O) groups excluding carboxylic acids is 2. The van der Waals surface area contributed by atoms with E-state index in [1.54, 1.807) is 48.5 Å². The number of hydrogen-bond acceptors (Lipinski definition) is 6. The molecule has 2 aromatic carbocycles. The standard InChI is InChI=1S/C23H23NO6S/c1-2-29-21-11-7-6-8-18(21)12-13-23(26)30-16-22(25)24(19-9-4-3-5-10-19)20-14-15-31(27,28)17-20/h3-15,20H,2,16-17H2,1H3/b13-12+. The van der Waals surface area contributed by atoms with E-state index in [9.17, 15) is 18.0 Å². The molecule has 162 valence electrons. The fraction of sp³-hybridized carbons (Fsp3) is 0.217. The molecule has 1 heterocycles. The van der Waals surface area contributed by atoms with Crippen molar-refractivity contribution in [2.24, 2.45) is 0 Å². The molecule has 1 aliphatic heterocycles. The Morgan fingerprint density at radius 2 is 1.81 bits per heavy atom. The van der Waals surface area contributed by atoms with Gasteiger partial charge in [0.1, 0.15) is 5.75 Å². The number of ether oxygens (including phenoxy) is 2. The predicted molar refractivity (Wildman–Crippen MR) is 118 cm³/mol. The summed E-state index contributed by atoms with van der Waals surface area (Å²) in [5.74, 6) is -0.790. The van der Waals surface area contributed by atoms with Crippen LogP contribution in [0.25, 0.3) is 6.08 Å². The Balaban J connectivity index is 1.67. The lowest BCUT2D eigenvalue weighted by atomic mass is 10.2. The van der Waals surface area contributed by atoms with Crippen LogP contribution in [0.2, 0.25) is 0 Å². The molecule has 1 amide bonds. The van der Waals surface area contributed by atoms with Gasteiger partial charge in [0.15, 0.2) is 16.4 Å². The summed E-state index contributed by atoms with van der Waals surface area (Å²) in [5.41, 5.74) is 1.23. The van der Waals surface area contributed by atoms with Crippen molar-refractivity contribution in [1.29, 1.82) is 0 Å². The van der Waals surface area contributed by atoms with Gasteiger partial charge in [-0.2, -0.15) is 0 Å². The number of hydrogen-bond donors (Lipinski definition) is 0. The molecule has 0 saturated carbocycles. The second-order valence-corrected chi connectivity index (χ2v) is 8.67. The highest BCUT2D eigenvalue weighted by molar-refractivity contribution is 7.94. The van der Waals surface area contributed by atoms with Gasteiger partial charge >= 0.3 is 5.97 Å². The van der Waals surface area contributed by atoms with E-state index in [-0.39, 0.29) is 5.75 Å². The molecule has 0 spiro atoms. The third-order valence-electron chi connectivity index (χ3n) is 4.50. The van der Waals surface area contributed by atoms with E-state index in [4.69, 9.17) is 9.47 Å². The van der Waals surface area contributed by atoms with Crippen molar-refractivity contribution in [3.8, 4) is 5.75 Å². The minimum absolute atomic E-state index is 0.213. The van der Waals surface area contributed by atoms with Crippen LogP contribution >= 0.6 is 0 Å². The number of benzene rings is 2. The van der Waals surface area contributed by atoms with E-state index >= 15 is 0 Å². The number of sulfone groups is 1. The van der Waals surface area contributed by atoms with Crippen LogP contribution < -0.4 is 9.64 Å². The average Bonchev–Trinajstić information content (AvgIpc) is 3.12. The molecule has 0 fully saturated rings. The Kier molecular flexibility index (Phi) is 7.25. The molecule has 0 N–H and O–H groups in total. The molecule has 0 bridgehead atoms. The summed E-state index contributed by atoms with van der Waals surface area (Å²) in [6, 6.07) is 15.2. The molecule has 2 aromatic rings. The Hall–Kier alpha value is -3.39. The summed E-state index contributed by atoms with van der Waals surface area (Å²) in [4.78, 5) is 26.3. The summed E-state index contributed by atoms with van der Waals surface area (Å²) < 4.78 is 34.3. The Morgan fingerprint density at radius 3 is 2.48 bits per heavy atom. The zero-order valence-corrected chi connectivity index (χ0v) is 17.8. The first-order valence-electron chi connectivity index (χ1n) is 9.74. The van der Waals surface area contributed by atoms with Crippen LogP contribution in [-0.4, -0.2) is 45.3 Å². The maximum Gasteiger partial charge on any atom is 0.331 e. The van der Waals surface area contributed by atoms with Crippen molar-refractivity contribution in [2.45, 2.75) is 13.0 Å². The van der Waals surface area contributed by atoms with Crippen LogP contribution in [-0.2, 0) is 24.2 Å². The summed E-state index contributed by atoms with van der Waals surface area (Å²) in [7, 11) is -3.37. The largest absolute Gasteiger partial charge is 0.493 e. The van der Waals surface area contributed by atoms with Crippen LogP contribution in [0.5, 0.6) is 5.75 Å². The minimum Gasteiger partial charge on any atom is -0.493 e. The predicted octanol–water partition coefficient (Wildman–Crippen LogP) is 2.99. The second kappa shape index (κ2) is 10.1. The van der Waals surface area contributed by atoms with Gasteiger partial charge in [-0.1, -0.05) is 36.4 Å². The second-order valence-electron chi connectivity index (χ2n) is 6.74. The number of amides is 1. The molecule has 0 aliphatic carbocycles. The average molecular weight is 442 g/mol. The van der Waals surface area contributed by atoms with Crippen LogP contribution in [0, 0.1) is 0 Å². The van der Waals surface area contributed by atoms with Gasteiger partial charge in [0.05, 0.1) is 18.4 Å². The smallest absolute Gasteiger partial charge is 0.331 e. The quantitative estimate of drug-likeness (QED) is 0.462. The topological polar surface area (TPSA) is 90.0 Å². The third-order valence-corrected chi connectivity index (χ3v) is 5.88. The molecule has 1 atom stereocenters. The number of nitrogens with zero attached hydrogens (tertiary/aromatic N) is 1. The van der Waals surface area contributed by atoms with E-state index in [0.29, 0.717) is 23.6 Å². The normalized spacial score (nSPS) is 16.9. The van der Waals surface area contributed by atoms with Gasteiger partial charge in [0.2, 0.25) is 0 Å². The molecular weight excluding hydrogens is 418 g/mol. The minimum atomic E-state index is -3.37. The number of carbonyl (C=O) groups is 2. The molecule has 1 unspecified atom stereocenters. The van der Waals surface area contributed by atoms with Crippen molar-refractivity contribution in [2.75, 3.05) is 23.9 Å². The van der Waals surface area contributed by atoms with Crippen LogP contribution in [0.3, 0.4) is 0 Å². The van der Waals surface area contributed by atoms with Gasteiger partial charge in [-0.15, -0.1) is 0 Å². The first-order chi connectivity index (χ1) is 14.9. The molecule has 0 radical (unpaired) electrons. The lowest BCUT2D eigenvalue weighted by Crippen LogP contribution is -2.43. The summed E-state index contributed by atoms with van der Waals surface area (Å²) in [6.45, 7) is 1.84. The van der Waals surface area contributed by atoms with Gasteiger partial charge < -0.3 is 14.4 Å². The van der Waals surface area contributed by atoms with E-state index in [1.165, 1.54) is 17.1 Å². The molecule has 8 heteroatoms. The first kappa shape index (κ1) is 22.3. The van der Waals surface area contributed by atoms with Gasteiger partial charge in [0.25, 0.3) is 5.91 Å². The van der Waals surface area contributed by atoms with Crippen molar-refractivity contribution < 1.29 is 27.5 Å². The summed E-state index contributed by atoms with van der Waals surface area (Å²) in [6.07, 6.45) is 4.24. The monoisotopic (exact) mass is 441 g/mol. The third kappa shape index (κ3) is 6.05. The lowest BCUT2D eigenvalue weighted by molar-refractivity contribution is -0.143. The SMILES string of the molecule is CCOc1ccccc1/C=C/C(=O)OCC(=O)N(c1ccccc1)C1C=CS(=O)(=O)C1. The molecule has 3 rings (SSSR count). The van der Waals surface area contributed by atoms with Crippen LogP contribution in [0.4, 0.5) is 5.69 Å². The first-order valence-corrected chi connectivity index (χ1v) is 11.5. The Bertz CT molecular complexity index is 1090. The van der Waals surface area contributed by atoms with E-state index in [0.717, 1.165) is 5.41 Å². The molecule has 0 aromatic heterocycles. The molecular formula is C23H23NO6S. The van der Waals surface area contributed by atoms with E-state index < -0.39 is 34.4 Å². The highest BCUT2D eigenvalue weighted by atomic mass is 32.2. The van der Waals surface area contributed by atoms with Crippen LogP contribution in [0.1, 0.15) is 12.5 Å². The van der Waals surface area contributed by atoms with Gasteiger partial charge in [-0.3, -0.25) is 4.79 Å². The highest BCUT2D eigenvalue weighted by Crippen LogP contribution is 2.23. The van der Waals surface area contributed by atoms with Gasteiger partial charge in [-0.05, 0) is 37.3 Å². The Labute approximate surface area is 181 Å². The van der Waals surface area contributed by atoms with Crippen molar-refractivity contribution in [1.82, 2.24) is 0 Å². The van der Waals surface area contributed by atoms with Crippen molar-refractivity contribution in [3.05, 3.63) is 77.7 Å². The Morgan fingerprint density at radius 1 is 1.10 bits per heavy atom. The van der Waals surface area contributed by atoms with Crippen molar-refractivity contribution >= 4 is 33.5 Å². The number of para-hydroxylation sites is 2. The molecule has 1 aliphatic rings. The highest BCUT2D eigenvalue weighted by Gasteiger charge is 2.31. The molecule has 7 nitrogen and oxygen atoms in total. The lowest BCUT2D eigenvalue weighted by Gasteiger charge is -2.27. The summed E-state index contributed by atoms with van der Waals surface area (Å²) >= 11 is 0. The van der Waals surface area contributed by atoms with E-state index in [1.807, 2.05) is 19.1 Å². The van der Waals surface area contributed by atoms with E-state index in [2.05, 4.69) is 0 Å². The molecule has 31 heavy (non-hydrogen) atoms. The van der Waals surface area contributed by atoms with Crippen LogP contribution in [0.15, 0.2) is 72.2 Å². The van der Waals surface area contributed by atoms with Gasteiger partial charge in [0, 0.05) is 22.7 Å². The molecule has 0 saturated heterocycles. The maximum atomic E-state index is 12.8. The zero-order valence-electron chi connectivity index (χ0n) is 17.0. The number of esters is 1. The zero-order chi connectivity index (χ0) is 22.3. The number of anilines is 1. The van der Waals surface area contributed by atoms with Gasteiger partial charge in [-0.25, -0.2) is 13.2 Å². The summed E-state index contributed by atoms with van der Waals surface area (Å²) in [5, 5.41) is 1.10. The maximum absolute atomic E-state index is 12.8.